The molecule has 0 bridgehead atoms. The summed E-state index contributed by atoms with van der Waals surface area (Å²) in [5.41, 5.74) is 2.94. The van der Waals surface area contributed by atoms with Crippen LogP contribution in [0.15, 0.2) is 48.9 Å². The predicted molar refractivity (Wildman–Crippen MR) is 132 cm³/mol. The second-order valence-electron chi connectivity index (χ2n) is 9.96. The van der Waals surface area contributed by atoms with Crippen LogP contribution in [0.25, 0.3) is 22.0 Å². The molecule has 1 aliphatic heterocycles. The van der Waals surface area contributed by atoms with Crippen LogP contribution in [0, 0.1) is 17.6 Å². The molecule has 1 amide bonds. The van der Waals surface area contributed by atoms with E-state index in [9.17, 15) is 18.7 Å². The van der Waals surface area contributed by atoms with Crippen LogP contribution >= 0.6 is 0 Å². The molecule has 2 aliphatic rings. The van der Waals surface area contributed by atoms with Gasteiger partial charge >= 0.3 is 0 Å². The van der Waals surface area contributed by atoms with Crippen molar-refractivity contribution < 1.29 is 23.4 Å². The first kappa shape index (κ1) is 23.6. The first-order valence-electron chi connectivity index (χ1n) is 12.5. The first-order chi connectivity index (χ1) is 17.9. The van der Waals surface area contributed by atoms with E-state index in [2.05, 4.69) is 45.7 Å². The van der Waals surface area contributed by atoms with E-state index in [-0.39, 0.29) is 17.5 Å². The summed E-state index contributed by atoms with van der Waals surface area (Å²) >= 11 is 0. The van der Waals surface area contributed by atoms with Crippen molar-refractivity contribution in [2.75, 3.05) is 19.8 Å². The zero-order valence-electron chi connectivity index (χ0n) is 20.1. The monoisotopic (exact) mass is 507 g/mol. The van der Waals surface area contributed by atoms with Gasteiger partial charge in [-0.05, 0) is 55.4 Å². The third-order valence-electron chi connectivity index (χ3n) is 7.48. The van der Waals surface area contributed by atoms with Crippen LogP contribution < -0.4 is 5.32 Å². The maximum Gasteiger partial charge on any atom is 0.251 e. The molecule has 1 aliphatic carbocycles. The van der Waals surface area contributed by atoms with Crippen LogP contribution in [0.1, 0.15) is 48.1 Å². The Morgan fingerprint density at radius 2 is 1.76 bits per heavy atom. The number of aromatic hydroxyl groups is 1. The molecule has 2 N–H and O–H groups in total. The van der Waals surface area contributed by atoms with Crippen molar-refractivity contribution in [3.05, 3.63) is 66.1 Å². The number of nitrogens with zero attached hydrogens (tertiary/aromatic N) is 4. The Morgan fingerprint density at radius 3 is 2.46 bits per heavy atom. The highest BCUT2D eigenvalue weighted by atomic mass is 19.1. The fraction of sp³-hybridized carbons (Fsp3) is 0.370. The fourth-order valence-electron chi connectivity index (χ4n) is 5.11. The van der Waals surface area contributed by atoms with E-state index in [0.29, 0.717) is 25.8 Å². The maximum atomic E-state index is 13.5. The molecule has 0 radical (unpaired) electrons. The molecule has 0 atom stereocenters. The third-order valence-corrected chi connectivity index (χ3v) is 7.48. The van der Waals surface area contributed by atoms with Crippen LogP contribution in [0.5, 0.6) is 5.75 Å². The Bertz CT molecular complexity index is 1430. The number of benzene rings is 2. The standard InChI is InChI=1S/C27H27F2N5O3/c28-23-7-19(8-24(29)26(23)35)27(36)30-10-16-1-5-21(6-2-16)34-12-18-4-3-17(9-25(18)32-34)20-11-31-33(13-20)22-14-37-15-22/h3-4,7-9,11-13,16,21-22,35H,1-2,5-6,10,14-15H2,(H,30,36)/t16-,21-. The van der Waals surface area contributed by atoms with E-state index < -0.39 is 23.3 Å². The number of rotatable bonds is 6. The summed E-state index contributed by atoms with van der Waals surface area (Å²) < 4.78 is 36.4. The lowest BCUT2D eigenvalue weighted by Gasteiger charge is -2.28. The average molecular weight is 508 g/mol. The van der Waals surface area contributed by atoms with Crippen molar-refractivity contribution in [2.24, 2.45) is 5.92 Å². The number of phenolic OH excluding ortho intramolecular Hbond substituents is 1. The van der Waals surface area contributed by atoms with Gasteiger partial charge in [-0.25, -0.2) is 8.78 Å². The van der Waals surface area contributed by atoms with Crippen LogP contribution in [-0.4, -0.2) is 50.3 Å². The average Bonchev–Trinajstić information content (AvgIpc) is 3.52. The van der Waals surface area contributed by atoms with Crippen molar-refractivity contribution >= 4 is 16.8 Å². The number of halogens is 2. The van der Waals surface area contributed by atoms with E-state index in [1.54, 1.807) is 0 Å². The van der Waals surface area contributed by atoms with E-state index >= 15 is 0 Å². The third kappa shape index (κ3) is 4.69. The molecule has 6 rings (SSSR count). The van der Waals surface area contributed by atoms with Crippen LogP contribution in [0.4, 0.5) is 8.78 Å². The van der Waals surface area contributed by atoms with Crippen molar-refractivity contribution in [1.82, 2.24) is 24.9 Å². The van der Waals surface area contributed by atoms with Crippen LogP contribution in [0.2, 0.25) is 0 Å². The number of ether oxygens (including phenoxy) is 1. The molecule has 37 heavy (non-hydrogen) atoms. The normalized spacial score (nSPS) is 20.2. The number of amides is 1. The highest BCUT2D eigenvalue weighted by molar-refractivity contribution is 5.94. The molecule has 4 aromatic rings. The molecule has 8 nitrogen and oxygen atoms in total. The SMILES string of the molecule is O=C(NC[C@H]1CC[C@H](n2cc3ccc(-c4cnn(C5COC5)c4)cc3n2)CC1)c1cc(F)c(O)c(F)c1. The Kier molecular flexibility index (Phi) is 6.11. The minimum atomic E-state index is -1.15. The molecular weight excluding hydrogens is 480 g/mol. The molecule has 192 valence electrons. The van der Waals surface area contributed by atoms with Crippen molar-refractivity contribution in [3.8, 4) is 16.9 Å². The van der Waals surface area contributed by atoms with Gasteiger partial charge in [0.1, 0.15) is 0 Å². The summed E-state index contributed by atoms with van der Waals surface area (Å²) in [6.45, 7) is 1.84. The number of aromatic nitrogens is 4. The Labute approximate surface area is 211 Å². The summed E-state index contributed by atoms with van der Waals surface area (Å²) in [6, 6.07) is 8.57. The summed E-state index contributed by atoms with van der Waals surface area (Å²) in [5.74, 6) is -3.65. The van der Waals surface area contributed by atoms with Gasteiger partial charge in [-0.3, -0.25) is 14.2 Å². The van der Waals surface area contributed by atoms with Gasteiger partial charge in [-0.1, -0.05) is 12.1 Å². The molecule has 10 heteroatoms. The zero-order valence-corrected chi connectivity index (χ0v) is 20.1. The largest absolute Gasteiger partial charge is 0.503 e. The molecule has 1 saturated heterocycles. The van der Waals surface area contributed by atoms with Gasteiger partial charge in [0, 0.05) is 35.5 Å². The molecule has 2 fully saturated rings. The van der Waals surface area contributed by atoms with Crippen molar-refractivity contribution in [3.63, 3.8) is 0 Å². The van der Waals surface area contributed by atoms with E-state index in [0.717, 1.165) is 59.8 Å². The summed E-state index contributed by atoms with van der Waals surface area (Å²) in [5, 5.41) is 22.4. The maximum absolute atomic E-state index is 13.5. The topological polar surface area (TPSA) is 94.2 Å². The Morgan fingerprint density at radius 1 is 1.00 bits per heavy atom. The van der Waals surface area contributed by atoms with Crippen LogP contribution in [-0.2, 0) is 4.74 Å². The number of phenols is 1. The number of hydrogen-bond donors (Lipinski definition) is 2. The van der Waals surface area contributed by atoms with Gasteiger partial charge in [-0.2, -0.15) is 10.2 Å². The molecule has 3 heterocycles. The second-order valence-corrected chi connectivity index (χ2v) is 9.96. The predicted octanol–water partition coefficient (Wildman–Crippen LogP) is 4.62. The lowest BCUT2D eigenvalue weighted by molar-refractivity contribution is -0.0286. The van der Waals surface area contributed by atoms with Gasteiger partial charge in [-0.15, -0.1) is 0 Å². The smallest absolute Gasteiger partial charge is 0.251 e. The minimum Gasteiger partial charge on any atom is -0.503 e. The summed E-state index contributed by atoms with van der Waals surface area (Å²) in [6.07, 6.45) is 9.71. The molecule has 1 saturated carbocycles. The zero-order chi connectivity index (χ0) is 25.5. The van der Waals surface area contributed by atoms with E-state index in [1.807, 2.05) is 10.9 Å². The number of nitrogens with one attached hydrogen (secondary N) is 1. The minimum absolute atomic E-state index is 0.145. The lowest BCUT2D eigenvalue weighted by Crippen LogP contribution is -2.31. The number of carbonyl (C=O) groups excluding carboxylic acids is 1. The van der Waals surface area contributed by atoms with E-state index in [1.165, 1.54) is 0 Å². The molecule has 0 spiro atoms. The first-order valence-corrected chi connectivity index (χ1v) is 12.5. The van der Waals surface area contributed by atoms with Crippen LogP contribution in [0.3, 0.4) is 0 Å². The molecule has 2 aromatic carbocycles. The fourth-order valence-corrected chi connectivity index (χ4v) is 5.11. The highest BCUT2D eigenvalue weighted by Gasteiger charge is 2.25. The number of fused-ring (bicyclic) bond motifs is 1. The van der Waals surface area contributed by atoms with Crippen molar-refractivity contribution in [1.29, 1.82) is 0 Å². The summed E-state index contributed by atoms with van der Waals surface area (Å²) in [7, 11) is 0. The second kappa shape index (κ2) is 9.59. The number of carbonyl (C=O) groups is 1. The van der Waals surface area contributed by atoms with Gasteiger partial charge in [0.05, 0.1) is 37.0 Å². The lowest BCUT2D eigenvalue weighted by atomic mass is 9.86. The Hall–Kier alpha value is -3.79. The summed E-state index contributed by atoms with van der Waals surface area (Å²) in [4.78, 5) is 12.3. The van der Waals surface area contributed by atoms with Crippen molar-refractivity contribution in [2.45, 2.75) is 37.8 Å². The molecular formula is C27H27F2N5O3. The molecule has 2 aromatic heterocycles. The van der Waals surface area contributed by atoms with Gasteiger partial charge < -0.3 is 15.2 Å². The van der Waals surface area contributed by atoms with Gasteiger partial charge in [0.2, 0.25) is 0 Å². The van der Waals surface area contributed by atoms with E-state index in [4.69, 9.17) is 9.84 Å². The number of hydrogen-bond acceptors (Lipinski definition) is 5. The quantitative estimate of drug-likeness (QED) is 0.397. The molecule has 0 unspecified atom stereocenters. The van der Waals surface area contributed by atoms with Gasteiger partial charge in [0.25, 0.3) is 5.91 Å². The highest BCUT2D eigenvalue weighted by Crippen LogP contribution is 2.33. The van der Waals surface area contributed by atoms with Gasteiger partial charge in [0.15, 0.2) is 17.4 Å². The Balaban J connectivity index is 1.06.